The molecule has 0 saturated heterocycles. The Bertz CT molecular complexity index is 1170. The van der Waals surface area contributed by atoms with Crippen molar-refractivity contribution in [3.63, 3.8) is 0 Å². The fourth-order valence-electron chi connectivity index (χ4n) is 2.99. The molecule has 7 nitrogen and oxygen atoms in total. The zero-order valence-electron chi connectivity index (χ0n) is 14.4. The van der Waals surface area contributed by atoms with E-state index in [9.17, 15) is 9.59 Å². The summed E-state index contributed by atoms with van der Waals surface area (Å²) in [5.74, 6) is 0.450. The SMILES string of the molecule is CC(C)Cc1nc(C(=O)Nc2ccc3[nH]c(=O)oc3c2)c2ccccn12. The second kappa shape index (κ2) is 6.18. The lowest BCUT2D eigenvalue weighted by Crippen LogP contribution is -2.13. The number of anilines is 1. The highest BCUT2D eigenvalue weighted by molar-refractivity contribution is 6.08. The molecule has 0 radical (unpaired) electrons. The highest BCUT2D eigenvalue weighted by Crippen LogP contribution is 2.20. The first-order valence-electron chi connectivity index (χ1n) is 8.41. The summed E-state index contributed by atoms with van der Waals surface area (Å²) in [6.45, 7) is 4.23. The van der Waals surface area contributed by atoms with Crippen molar-refractivity contribution in [2.75, 3.05) is 5.32 Å². The molecule has 132 valence electrons. The molecule has 1 aromatic carbocycles. The summed E-state index contributed by atoms with van der Waals surface area (Å²) < 4.78 is 6.98. The van der Waals surface area contributed by atoms with Crippen LogP contribution in [0.1, 0.15) is 30.2 Å². The molecule has 0 aliphatic heterocycles. The number of amides is 1. The number of aromatic nitrogens is 3. The van der Waals surface area contributed by atoms with E-state index in [1.54, 1.807) is 18.2 Å². The van der Waals surface area contributed by atoms with Crippen molar-refractivity contribution in [2.24, 2.45) is 5.92 Å². The van der Waals surface area contributed by atoms with Crippen LogP contribution in [0.4, 0.5) is 5.69 Å². The van der Waals surface area contributed by atoms with Crippen molar-refractivity contribution in [2.45, 2.75) is 20.3 Å². The van der Waals surface area contributed by atoms with Gasteiger partial charge >= 0.3 is 5.76 Å². The van der Waals surface area contributed by atoms with Gasteiger partial charge in [-0.2, -0.15) is 0 Å². The first-order valence-corrected chi connectivity index (χ1v) is 8.41. The number of oxazole rings is 1. The molecule has 4 aromatic rings. The standard InChI is InChI=1S/C19H18N4O3/c1-11(2)9-16-22-17(14-5-3-4-8-23(14)16)18(24)20-12-6-7-13-15(10-12)26-19(25)21-13/h3-8,10-11H,9H2,1-2H3,(H,20,24)(H,21,25). The summed E-state index contributed by atoms with van der Waals surface area (Å²) in [6, 6.07) is 10.7. The highest BCUT2D eigenvalue weighted by Gasteiger charge is 2.18. The van der Waals surface area contributed by atoms with E-state index in [4.69, 9.17) is 4.42 Å². The predicted octanol–water partition coefficient (Wildman–Crippen LogP) is 3.22. The number of carbonyl (C=O) groups excluding carboxylic acids is 1. The van der Waals surface area contributed by atoms with E-state index >= 15 is 0 Å². The number of rotatable bonds is 4. The molecule has 3 aromatic heterocycles. The summed E-state index contributed by atoms with van der Waals surface area (Å²) in [5.41, 5.74) is 2.64. The van der Waals surface area contributed by atoms with Crippen molar-refractivity contribution in [1.29, 1.82) is 0 Å². The molecule has 0 atom stereocenters. The molecule has 0 saturated carbocycles. The van der Waals surface area contributed by atoms with Gasteiger partial charge in [-0.05, 0) is 30.2 Å². The fourth-order valence-corrected chi connectivity index (χ4v) is 2.99. The molecule has 0 aliphatic rings. The molecule has 0 unspecified atom stereocenters. The van der Waals surface area contributed by atoms with Crippen molar-refractivity contribution in [3.05, 3.63) is 64.7 Å². The van der Waals surface area contributed by atoms with Gasteiger partial charge < -0.3 is 14.1 Å². The van der Waals surface area contributed by atoms with Gasteiger partial charge in [-0.25, -0.2) is 9.78 Å². The molecule has 0 aliphatic carbocycles. The van der Waals surface area contributed by atoms with Gasteiger partial charge in [-0.3, -0.25) is 9.78 Å². The number of carbonyl (C=O) groups is 1. The molecule has 1 amide bonds. The van der Waals surface area contributed by atoms with Gasteiger partial charge in [0.15, 0.2) is 11.3 Å². The maximum Gasteiger partial charge on any atom is 0.417 e. The number of nitrogens with one attached hydrogen (secondary N) is 2. The first-order chi connectivity index (χ1) is 12.5. The van der Waals surface area contributed by atoms with Crippen LogP contribution >= 0.6 is 0 Å². The molecular weight excluding hydrogens is 332 g/mol. The Kier molecular flexibility index (Phi) is 3.84. The molecule has 7 heteroatoms. The molecular formula is C19H18N4O3. The van der Waals surface area contributed by atoms with Crippen LogP contribution < -0.4 is 11.1 Å². The van der Waals surface area contributed by atoms with Crippen LogP contribution in [0.25, 0.3) is 16.6 Å². The van der Waals surface area contributed by atoms with Crippen LogP contribution in [-0.2, 0) is 6.42 Å². The Morgan fingerprint density at radius 3 is 2.96 bits per heavy atom. The highest BCUT2D eigenvalue weighted by atomic mass is 16.4. The largest absolute Gasteiger partial charge is 0.417 e. The predicted molar refractivity (Wildman–Crippen MR) is 98.5 cm³/mol. The normalized spacial score (nSPS) is 11.5. The van der Waals surface area contributed by atoms with Gasteiger partial charge in [0.2, 0.25) is 0 Å². The van der Waals surface area contributed by atoms with Gasteiger partial charge in [0.1, 0.15) is 5.82 Å². The number of aromatic amines is 1. The van der Waals surface area contributed by atoms with Crippen LogP contribution in [0.3, 0.4) is 0 Å². The molecule has 2 N–H and O–H groups in total. The van der Waals surface area contributed by atoms with Crippen LogP contribution in [0, 0.1) is 5.92 Å². The van der Waals surface area contributed by atoms with Gasteiger partial charge in [0.05, 0.1) is 11.0 Å². The molecule has 3 heterocycles. The third-order valence-electron chi connectivity index (χ3n) is 4.11. The summed E-state index contributed by atoms with van der Waals surface area (Å²) in [6.07, 6.45) is 2.69. The second-order valence-corrected chi connectivity index (χ2v) is 6.61. The number of fused-ring (bicyclic) bond motifs is 2. The topological polar surface area (TPSA) is 92.4 Å². The van der Waals surface area contributed by atoms with E-state index in [1.807, 2.05) is 28.8 Å². The Labute approximate surface area is 148 Å². The maximum atomic E-state index is 12.8. The monoisotopic (exact) mass is 350 g/mol. The van der Waals surface area contributed by atoms with Crippen LogP contribution in [-0.4, -0.2) is 20.3 Å². The number of imidazole rings is 1. The molecule has 0 spiro atoms. The Morgan fingerprint density at radius 1 is 1.31 bits per heavy atom. The number of pyridine rings is 1. The third kappa shape index (κ3) is 2.88. The van der Waals surface area contributed by atoms with Crippen LogP contribution in [0.15, 0.2) is 51.8 Å². The first kappa shape index (κ1) is 16.1. The molecule has 26 heavy (non-hydrogen) atoms. The van der Waals surface area contributed by atoms with Gasteiger partial charge in [-0.1, -0.05) is 19.9 Å². The van der Waals surface area contributed by atoms with Crippen molar-refractivity contribution < 1.29 is 9.21 Å². The Hall–Kier alpha value is -3.35. The lowest BCUT2D eigenvalue weighted by molar-refractivity contribution is 0.102. The van der Waals surface area contributed by atoms with Gasteiger partial charge in [0, 0.05) is 24.4 Å². The summed E-state index contributed by atoms with van der Waals surface area (Å²) >= 11 is 0. The molecule has 0 fully saturated rings. The quantitative estimate of drug-likeness (QED) is 0.591. The van der Waals surface area contributed by atoms with Crippen LogP contribution in [0.5, 0.6) is 0 Å². The lowest BCUT2D eigenvalue weighted by Gasteiger charge is -2.03. The lowest BCUT2D eigenvalue weighted by atomic mass is 10.1. The number of hydrogen-bond donors (Lipinski definition) is 2. The minimum absolute atomic E-state index is 0.305. The van der Waals surface area contributed by atoms with Crippen molar-refractivity contribution in [3.8, 4) is 0 Å². The summed E-state index contributed by atoms with van der Waals surface area (Å²) in [5, 5.41) is 2.83. The number of hydrogen-bond acceptors (Lipinski definition) is 4. The third-order valence-corrected chi connectivity index (χ3v) is 4.11. The average molecular weight is 350 g/mol. The van der Waals surface area contributed by atoms with E-state index in [1.165, 1.54) is 0 Å². The fraction of sp³-hybridized carbons (Fsp3) is 0.211. The Balaban J connectivity index is 1.69. The zero-order valence-corrected chi connectivity index (χ0v) is 14.4. The Morgan fingerprint density at radius 2 is 2.15 bits per heavy atom. The average Bonchev–Trinajstić information content (AvgIpc) is 3.14. The molecule has 4 rings (SSSR count). The van der Waals surface area contributed by atoms with Crippen molar-refractivity contribution in [1.82, 2.24) is 14.4 Å². The maximum absolute atomic E-state index is 12.8. The number of nitrogens with zero attached hydrogens (tertiary/aromatic N) is 2. The summed E-state index contributed by atoms with van der Waals surface area (Å²) in [4.78, 5) is 31.2. The van der Waals surface area contributed by atoms with E-state index in [2.05, 4.69) is 29.1 Å². The minimum Gasteiger partial charge on any atom is -0.408 e. The van der Waals surface area contributed by atoms with E-state index in [0.29, 0.717) is 28.4 Å². The van der Waals surface area contributed by atoms with Gasteiger partial charge in [0.25, 0.3) is 5.91 Å². The molecule has 0 bridgehead atoms. The van der Waals surface area contributed by atoms with E-state index < -0.39 is 5.76 Å². The second-order valence-electron chi connectivity index (χ2n) is 6.61. The smallest absolute Gasteiger partial charge is 0.408 e. The minimum atomic E-state index is -0.526. The van der Waals surface area contributed by atoms with E-state index in [-0.39, 0.29) is 5.91 Å². The summed E-state index contributed by atoms with van der Waals surface area (Å²) in [7, 11) is 0. The number of H-pyrrole nitrogens is 1. The van der Waals surface area contributed by atoms with Gasteiger partial charge in [-0.15, -0.1) is 0 Å². The van der Waals surface area contributed by atoms with Crippen LogP contribution in [0.2, 0.25) is 0 Å². The zero-order chi connectivity index (χ0) is 18.3. The van der Waals surface area contributed by atoms with Crippen molar-refractivity contribution >= 4 is 28.2 Å². The van der Waals surface area contributed by atoms with E-state index in [0.717, 1.165) is 17.8 Å². The number of benzene rings is 1.